The molecule has 0 fully saturated rings. The van der Waals surface area contributed by atoms with Gasteiger partial charge in [0.25, 0.3) is 0 Å². The van der Waals surface area contributed by atoms with Gasteiger partial charge in [-0.3, -0.25) is 0 Å². The minimum Gasteiger partial charge on any atom is -0.489 e. The van der Waals surface area contributed by atoms with Gasteiger partial charge in [0.2, 0.25) is 0 Å². The Morgan fingerprint density at radius 2 is 2.05 bits per heavy atom. The van der Waals surface area contributed by atoms with Gasteiger partial charge in [-0.2, -0.15) is 0 Å². The van der Waals surface area contributed by atoms with E-state index < -0.39 is 5.97 Å². The molecule has 1 aliphatic heterocycles. The van der Waals surface area contributed by atoms with Crippen molar-refractivity contribution >= 4 is 5.97 Å². The lowest BCUT2D eigenvalue weighted by Gasteiger charge is -2.11. The number of rotatable bonds is 4. The molecule has 0 bridgehead atoms. The van der Waals surface area contributed by atoms with E-state index in [1.54, 1.807) is 6.07 Å². The van der Waals surface area contributed by atoms with Crippen LogP contribution in [0.15, 0.2) is 42.5 Å². The highest BCUT2D eigenvalue weighted by Crippen LogP contribution is 2.37. The maximum Gasteiger partial charge on any atom is 0.335 e. The lowest BCUT2D eigenvalue weighted by Crippen LogP contribution is -2.01. The molecule has 2 aromatic carbocycles. The van der Waals surface area contributed by atoms with Gasteiger partial charge in [0.1, 0.15) is 6.61 Å². The van der Waals surface area contributed by atoms with E-state index in [-0.39, 0.29) is 5.56 Å². The number of carbonyl (C=O) groups is 1. The van der Waals surface area contributed by atoms with Gasteiger partial charge in [-0.25, -0.2) is 4.79 Å². The fraction of sp³-hybridized carbons (Fsp3) is 0.188. The Hall–Kier alpha value is -2.49. The monoisotopic (exact) mass is 270 g/mol. The summed E-state index contributed by atoms with van der Waals surface area (Å²) in [4.78, 5) is 11.1. The standard InChI is InChI=1S/C16H14O4/c17-16(18)13-8-12-6-7-19-15(12)14(9-13)20-10-11-4-2-1-3-5-11/h1-5,8-9H,6-7,10H2,(H,17,18). The molecule has 0 amide bonds. The van der Waals surface area contributed by atoms with Crippen molar-refractivity contribution < 1.29 is 19.4 Å². The van der Waals surface area contributed by atoms with Crippen LogP contribution in [-0.2, 0) is 13.0 Å². The maximum atomic E-state index is 11.1. The van der Waals surface area contributed by atoms with E-state index in [9.17, 15) is 4.79 Å². The molecule has 0 spiro atoms. The van der Waals surface area contributed by atoms with Crippen LogP contribution >= 0.6 is 0 Å². The Kier molecular flexibility index (Phi) is 3.29. The van der Waals surface area contributed by atoms with Crippen molar-refractivity contribution in [3.63, 3.8) is 0 Å². The molecule has 1 aliphatic rings. The Labute approximate surface area is 116 Å². The third kappa shape index (κ3) is 2.45. The molecule has 0 aliphatic carbocycles. The van der Waals surface area contributed by atoms with Crippen LogP contribution in [0, 0.1) is 0 Å². The minimum absolute atomic E-state index is 0.234. The van der Waals surface area contributed by atoms with Gasteiger partial charge in [0.15, 0.2) is 11.5 Å². The molecule has 0 saturated carbocycles. The molecular weight excluding hydrogens is 256 g/mol. The van der Waals surface area contributed by atoms with Crippen LogP contribution in [-0.4, -0.2) is 17.7 Å². The zero-order valence-electron chi connectivity index (χ0n) is 10.8. The molecule has 20 heavy (non-hydrogen) atoms. The molecular formula is C16H14O4. The molecule has 102 valence electrons. The van der Waals surface area contributed by atoms with Crippen molar-refractivity contribution in [1.82, 2.24) is 0 Å². The summed E-state index contributed by atoms with van der Waals surface area (Å²) in [7, 11) is 0. The summed E-state index contributed by atoms with van der Waals surface area (Å²) in [5.41, 5.74) is 2.16. The first-order valence-corrected chi connectivity index (χ1v) is 6.44. The number of aromatic carboxylic acids is 1. The highest BCUT2D eigenvalue weighted by atomic mass is 16.5. The second-order valence-electron chi connectivity index (χ2n) is 4.64. The summed E-state index contributed by atoms with van der Waals surface area (Å²) in [6.45, 7) is 0.958. The van der Waals surface area contributed by atoms with Gasteiger partial charge in [-0.05, 0) is 17.7 Å². The molecule has 0 radical (unpaired) electrons. The van der Waals surface area contributed by atoms with E-state index in [0.717, 1.165) is 17.5 Å². The third-order valence-corrected chi connectivity index (χ3v) is 3.23. The van der Waals surface area contributed by atoms with Crippen LogP contribution in [0.1, 0.15) is 21.5 Å². The second-order valence-corrected chi connectivity index (χ2v) is 4.64. The van der Waals surface area contributed by atoms with Crippen LogP contribution in [0.25, 0.3) is 0 Å². The summed E-state index contributed by atoms with van der Waals surface area (Å²) >= 11 is 0. The lowest BCUT2D eigenvalue weighted by molar-refractivity contribution is 0.0696. The first-order chi connectivity index (χ1) is 9.74. The number of ether oxygens (including phenoxy) is 2. The second kappa shape index (κ2) is 5.25. The topological polar surface area (TPSA) is 55.8 Å². The average molecular weight is 270 g/mol. The zero-order valence-corrected chi connectivity index (χ0v) is 10.8. The highest BCUT2D eigenvalue weighted by molar-refractivity contribution is 5.89. The van der Waals surface area contributed by atoms with Crippen molar-refractivity contribution in [2.45, 2.75) is 13.0 Å². The van der Waals surface area contributed by atoms with Gasteiger partial charge >= 0.3 is 5.97 Å². The van der Waals surface area contributed by atoms with E-state index in [4.69, 9.17) is 14.6 Å². The summed E-state index contributed by atoms with van der Waals surface area (Å²) in [5, 5.41) is 9.13. The molecule has 4 heteroatoms. The van der Waals surface area contributed by atoms with Gasteiger partial charge in [0.05, 0.1) is 12.2 Å². The quantitative estimate of drug-likeness (QED) is 0.928. The SMILES string of the molecule is O=C(O)c1cc2c(c(OCc3ccccc3)c1)OCC2. The predicted molar refractivity (Wildman–Crippen MR) is 73.4 cm³/mol. The Bertz CT molecular complexity index is 634. The molecule has 0 saturated heterocycles. The van der Waals surface area contributed by atoms with E-state index in [0.29, 0.717) is 24.7 Å². The molecule has 3 rings (SSSR count). The van der Waals surface area contributed by atoms with E-state index in [1.807, 2.05) is 30.3 Å². The van der Waals surface area contributed by atoms with Crippen LogP contribution in [0.3, 0.4) is 0 Å². The summed E-state index contributed by atoms with van der Waals surface area (Å²) < 4.78 is 11.3. The van der Waals surface area contributed by atoms with Crippen molar-refractivity contribution in [2.75, 3.05) is 6.61 Å². The number of carboxylic acids is 1. The number of carboxylic acid groups (broad SMARTS) is 1. The van der Waals surface area contributed by atoms with E-state index in [2.05, 4.69) is 0 Å². The normalized spacial score (nSPS) is 12.6. The largest absolute Gasteiger partial charge is 0.489 e. The first-order valence-electron chi connectivity index (χ1n) is 6.44. The van der Waals surface area contributed by atoms with Crippen molar-refractivity contribution in [3.8, 4) is 11.5 Å². The maximum absolute atomic E-state index is 11.1. The Balaban J connectivity index is 1.87. The van der Waals surface area contributed by atoms with Gasteiger partial charge in [-0.1, -0.05) is 30.3 Å². The Morgan fingerprint density at radius 3 is 2.80 bits per heavy atom. The van der Waals surface area contributed by atoms with Gasteiger partial charge < -0.3 is 14.6 Å². The van der Waals surface area contributed by atoms with Crippen LogP contribution in [0.5, 0.6) is 11.5 Å². The van der Waals surface area contributed by atoms with Crippen molar-refractivity contribution in [1.29, 1.82) is 0 Å². The predicted octanol–water partition coefficient (Wildman–Crippen LogP) is 2.90. The van der Waals surface area contributed by atoms with Crippen molar-refractivity contribution in [2.24, 2.45) is 0 Å². The summed E-state index contributed by atoms with van der Waals surface area (Å²) in [6.07, 6.45) is 0.720. The smallest absolute Gasteiger partial charge is 0.335 e. The molecule has 1 N–H and O–H groups in total. The summed E-state index contributed by atoms with van der Waals surface area (Å²) in [6, 6.07) is 12.9. The molecule has 0 atom stereocenters. The van der Waals surface area contributed by atoms with E-state index >= 15 is 0 Å². The number of hydrogen-bond acceptors (Lipinski definition) is 3. The highest BCUT2D eigenvalue weighted by Gasteiger charge is 2.21. The number of benzene rings is 2. The average Bonchev–Trinajstić information content (AvgIpc) is 2.94. The molecule has 2 aromatic rings. The molecule has 0 unspecified atom stereocenters. The van der Waals surface area contributed by atoms with Gasteiger partial charge in [-0.15, -0.1) is 0 Å². The number of hydrogen-bond donors (Lipinski definition) is 1. The molecule has 1 heterocycles. The summed E-state index contributed by atoms with van der Waals surface area (Å²) in [5.74, 6) is 0.219. The third-order valence-electron chi connectivity index (χ3n) is 3.23. The minimum atomic E-state index is -0.954. The molecule has 0 aromatic heterocycles. The van der Waals surface area contributed by atoms with Crippen LogP contribution in [0.4, 0.5) is 0 Å². The first kappa shape index (κ1) is 12.5. The fourth-order valence-electron chi connectivity index (χ4n) is 2.24. The number of fused-ring (bicyclic) bond motifs is 1. The van der Waals surface area contributed by atoms with E-state index in [1.165, 1.54) is 6.07 Å². The van der Waals surface area contributed by atoms with Gasteiger partial charge in [0, 0.05) is 12.0 Å². The fourth-order valence-corrected chi connectivity index (χ4v) is 2.24. The lowest BCUT2D eigenvalue weighted by atomic mass is 10.1. The molecule has 4 nitrogen and oxygen atoms in total. The van der Waals surface area contributed by atoms with Crippen LogP contribution < -0.4 is 9.47 Å². The van der Waals surface area contributed by atoms with Crippen LogP contribution in [0.2, 0.25) is 0 Å². The zero-order chi connectivity index (χ0) is 13.9. The van der Waals surface area contributed by atoms with Crippen molar-refractivity contribution in [3.05, 3.63) is 59.2 Å². The Morgan fingerprint density at radius 1 is 1.25 bits per heavy atom.